The van der Waals surface area contributed by atoms with Crippen molar-refractivity contribution in [1.82, 2.24) is 30.1 Å². The Bertz CT molecular complexity index is 1200. The number of hydrogen-bond acceptors (Lipinski definition) is 5. The molecule has 188 valence electrons. The van der Waals surface area contributed by atoms with Crippen molar-refractivity contribution in [2.24, 2.45) is 0 Å². The van der Waals surface area contributed by atoms with Gasteiger partial charge in [0.25, 0.3) is 5.56 Å². The molecule has 0 saturated heterocycles. The Morgan fingerprint density at radius 2 is 1.74 bits per heavy atom. The minimum Gasteiger partial charge on any atom is -0.322 e. The molecule has 1 aromatic carbocycles. The zero-order valence-corrected chi connectivity index (χ0v) is 21.6. The molecule has 2 aromatic heterocycles. The third-order valence-electron chi connectivity index (χ3n) is 8.38. The van der Waals surface area contributed by atoms with Crippen LogP contribution >= 0.6 is 0 Å². The van der Waals surface area contributed by atoms with E-state index in [1.807, 2.05) is 0 Å². The third-order valence-corrected chi connectivity index (χ3v) is 8.38. The first-order valence-electron chi connectivity index (χ1n) is 13.7. The fraction of sp³-hybridized carbons (Fsp3) is 0.643. The Labute approximate surface area is 208 Å². The van der Waals surface area contributed by atoms with E-state index in [4.69, 9.17) is 0 Å². The number of aromatic amines is 1. The zero-order chi connectivity index (χ0) is 24.4. The normalized spacial score (nSPS) is 18.6. The summed E-state index contributed by atoms with van der Waals surface area (Å²) in [6.07, 6.45) is 13.0. The summed E-state index contributed by atoms with van der Waals surface area (Å²) in [5.41, 5.74) is 4.23. The second-order valence-electron chi connectivity index (χ2n) is 10.8. The minimum absolute atomic E-state index is 0.0206. The van der Waals surface area contributed by atoms with Crippen LogP contribution in [0.5, 0.6) is 0 Å². The molecule has 0 amide bonds. The molecule has 7 nitrogen and oxygen atoms in total. The number of aromatic nitrogens is 5. The maximum atomic E-state index is 13.3. The summed E-state index contributed by atoms with van der Waals surface area (Å²) < 4.78 is 2.12. The number of aryl methyl sites for hydroxylation is 2. The van der Waals surface area contributed by atoms with Crippen LogP contribution in [0.15, 0.2) is 23.0 Å². The Balaban J connectivity index is 1.54. The minimum atomic E-state index is 0.0206. The Morgan fingerprint density at radius 1 is 1.03 bits per heavy atom. The van der Waals surface area contributed by atoms with Crippen LogP contribution in [0.25, 0.3) is 10.9 Å². The lowest BCUT2D eigenvalue weighted by molar-refractivity contribution is 0.0798. The van der Waals surface area contributed by atoms with Gasteiger partial charge in [0.2, 0.25) is 0 Å². The van der Waals surface area contributed by atoms with Gasteiger partial charge in [-0.2, -0.15) is 0 Å². The van der Waals surface area contributed by atoms with E-state index in [0.717, 1.165) is 48.0 Å². The van der Waals surface area contributed by atoms with Crippen molar-refractivity contribution < 1.29 is 0 Å². The zero-order valence-electron chi connectivity index (χ0n) is 21.6. The molecular formula is C28H40N6O. The first kappa shape index (κ1) is 24.2. The van der Waals surface area contributed by atoms with Gasteiger partial charge >= 0.3 is 0 Å². The van der Waals surface area contributed by atoms with Crippen molar-refractivity contribution >= 4 is 10.9 Å². The van der Waals surface area contributed by atoms with Gasteiger partial charge in [0.1, 0.15) is 0 Å². The first-order valence-corrected chi connectivity index (χ1v) is 13.7. The summed E-state index contributed by atoms with van der Waals surface area (Å²) in [4.78, 5) is 19.0. The molecule has 5 rings (SSSR count). The van der Waals surface area contributed by atoms with Crippen LogP contribution in [-0.2, 0) is 6.54 Å². The molecule has 0 bridgehead atoms. The Hall–Kier alpha value is -2.54. The lowest BCUT2D eigenvalue weighted by Crippen LogP contribution is -2.41. The molecule has 2 aliphatic rings. The average Bonchev–Trinajstić information content (AvgIpc) is 3.55. The molecule has 2 heterocycles. The number of rotatable bonds is 8. The first-order chi connectivity index (χ1) is 17.0. The molecule has 0 spiro atoms. The van der Waals surface area contributed by atoms with Crippen molar-refractivity contribution in [2.45, 2.75) is 116 Å². The van der Waals surface area contributed by atoms with Gasteiger partial charge in [-0.15, -0.1) is 5.10 Å². The van der Waals surface area contributed by atoms with E-state index in [0.29, 0.717) is 18.6 Å². The van der Waals surface area contributed by atoms with Gasteiger partial charge in [-0.3, -0.25) is 9.69 Å². The number of hydrogen-bond donors (Lipinski definition) is 1. The number of pyridine rings is 1. The smallest absolute Gasteiger partial charge is 0.252 e. The SMILES string of the molecule is CCC[C@H](c1nnnn1C1CCCC1)N(Cc1cc2cc(C)c(C)cc2[nH]c1=O)C1CCCCC1. The van der Waals surface area contributed by atoms with E-state index < -0.39 is 0 Å². The van der Waals surface area contributed by atoms with Gasteiger partial charge in [-0.05, 0) is 91.1 Å². The quantitative estimate of drug-likeness (QED) is 0.436. The second kappa shape index (κ2) is 10.6. The molecule has 0 aliphatic heterocycles. The summed E-state index contributed by atoms with van der Waals surface area (Å²) in [7, 11) is 0. The number of nitrogens with zero attached hydrogens (tertiary/aromatic N) is 5. The van der Waals surface area contributed by atoms with Crippen LogP contribution < -0.4 is 5.56 Å². The van der Waals surface area contributed by atoms with E-state index in [1.54, 1.807) is 0 Å². The predicted octanol–water partition coefficient (Wildman–Crippen LogP) is 5.92. The van der Waals surface area contributed by atoms with E-state index in [1.165, 1.54) is 56.1 Å². The number of benzene rings is 1. The molecule has 2 saturated carbocycles. The van der Waals surface area contributed by atoms with Crippen LogP contribution in [0.1, 0.15) is 112 Å². The highest BCUT2D eigenvalue weighted by Gasteiger charge is 2.34. The van der Waals surface area contributed by atoms with Gasteiger partial charge in [-0.25, -0.2) is 4.68 Å². The van der Waals surface area contributed by atoms with Crippen LogP contribution in [-0.4, -0.2) is 36.1 Å². The highest BCUT2D eigenvalue weighted by molar-refractivity contribution is 5.80. The summed E-state index contributed by atoms with van der Waals surface area (Å²) >= 11 is 0. The summed E-state index contributed by atoms with van der Waals surface area (Å²) in [5.74, 6) is 0.994. The van der Waals surface area contributed by atoms with Crippen molar-refractivity contribution in [3.63, 3.8) is 0 Å². The van der Waals surface area contributed by atoms with E-state index >= 15 is 0 Å². The van der Waals surface area contributed by atoms with Gasteiger partial charge < -0.3 is 4.98 Å². The van der Waals surface area contributed by atoms with Crippen LogP contribution in [0, 0.1) is 13.8 Å². The number of nitrogens with one attached hydrogen (secondary N) is 1. The lowest BCUT2D eigenvalue weighted by atomic mass is 9.91. The standard InChI is InChI=1S/C28H40N6O/c1-4-10-26(27-30-31-32-34(27)24-13-8-9-14-24)33(23-11-6-5-7-12-23)18-22-17-21-15-19(2)20(3)16-25(21)29-28(22)35/h15-17,23-24,26H,4-14,18H2,1-3H3,(H,29,35)/t26-/m1/s1. The third kappa shape index (κ3) is 5.06. The highest BCUT2D eigenvalue weighted by atomic mass is 16.1. The van der Waals surface area contributed by atoms with E-state index in [9.17, 15) is 4.79 Å². The van der Waals surface area contributed by atoms with Gasteiger partial charge in [-0.1, -0.05) is 45.4 Å². The number of H-pyrrole nitrogens is 1. The maximum Gasteiger partial charge on any atom is 0.252 e. The van der Waals surface area contributed by atoms with Gasteiger partial charge in [0.15, 0.2) is 5.82 Å². The molecule has 0 radical (unpaired) electrons. The average molecular weight is 477 g/mol. The maximum absolute atomic E-state index is 13.3. The second-order valence-corrected chi connectivity index (χ2v) is 10.8. The fourth-order valence-electron chi connectivity index (χ4n) is 6.29. The van der Waals surface area contributed by atoms with Crippen LogP contribution in [0.3, 0.4) is 0 Å². The molecule has 7 heteroatoms. The van der Waals surface area contributed by atoms with Crippen LogP contribution in [0.4, 0.5) is 0 Å². The van der Waals surface area contributed by atoms with Crippen molar-refractivity contribution in [3.05, 3.63) is 51.1 Å². The molecule has 2 aliphatic carbocycles. The monoisotopic (exact) mass is 476 g/mol. The molecular weight excluding hydrogens is 436 g/mol. The van der Waals surface area contributed by atoms with E-state index in [-0.39, 0.29) is 11.6 Å². The largest absolute Gasteiger partial charge is 0.322 e. The molecule has 0 unspecified atom stereocenters. The van der Waals surface area contributed by atoms with Crippen molar-refractivity contribution in [1.29, 1.82) is 0 Å². The summed E-state index contributed by atoms with van der Waals surface area (Å²) in [5, 5.41) is 14.3. The molecule has 2 fully saturated rings. The number of tetrazole rings is 1. The Morgan fingerprint density at radius 3 is 2.49 bits per heavy atom. The lowest BCUT2D eigenvalue weighted by Gasteiger charge is -2.39. The van der Waals surface area contributed by atoms with Gasteiger partial charge in [0, 0.05) is 23.7 Å². The molecule has 35 heavy (non-hydrogen) atoms. The summed E-state index contributed by atoms with van der Waals surface area (Å²) in [6.45, 7) is 7.10. The highest BCUT2D eigenvalue weighted by Crippen LogP contribution is 2.36. The topological polar surface area (TPSA) is 79.7 Å². The number of fused-ring (bicyclic) bond motifs is 1. The van der Waals surface area contributed by atoms with Crippen molar-refractivity contribution in [2.75, 3.05) is 0 Å². The van der Waals surface area contributed by atoms with E-state index in [2.05, 4.69) is 69.1 Å². The Kier molecular flexibility index (Phi) is 7.32. The fourth-order valence-corrected chi connectivity index (χ4v) is 6.29. The van der Waals surface area contributed by atoms with Crippen LogP contribution in [0.2, 0.25) is 0 Å². The summed E-state index contributed by atoms with van der Waals surface area (Å²) in [6, 6.07) is 7.36. The molecule has 1 atom stereocenters. The molecule has 3 aromatic rings. The predicted molar refractivity (Wildman–Crippen MR) is 139 cm³/mol. The molecule has 1 N–H and O–H groups in total. The van der Waals surface area contributed by atoms with Crippen molar-refractivity contribution in [3.8, 4) is 0 Å². The van der Waals surface area contributed by atoms with Gasteiger partial charge in [0.05, 0.1) is 12.1 Å².